The van der Waals surface area contributed by atoms with Crippen LogP contribution in [0.3, 0.4) is 0 Å². The predicted octanol–water partition coefficient (Wildman–Crippen LogP) is 1.48. The van der Waals surface area contributed by atoms with Gasteiger partial charge in [-0.1, -0.05) is 0 Å². The summed E-state index contributed by atoms with van der Waals surface area (Å²) in [6.07, 6.45) is 1.34. The zero-order valence-electron chi connectivity index (χ0n) is 11.7. The Bertz CT molecular complexity index is 496. The number of hydrogen-bond acceptors (Lipinski definition) is 3. The molecule has 110 valence electrons. The predicted molar refractivity (Wildman–Crippen MR) is 73.3 cm³/mol. The van der Waals surface area contributed by atoms with Gasteiger partial charge in [-0.3, -0.25) is 4.79 Å². The Kier molecular flexibility index (Phi) is 4.23. The summed E-state index contributed by atoms with van der Waals surface area (Å²) >= 11 is 0. The summed E-state index contributed by atoms with van der Waals surface area (Å²) < 4.78 is 28.3. The lowest BCUT2D eigenvalue weighted by atomic mass is 10.1. The van der Waals surface area contributed by atoms with E-state index in [0.29, 0.717) is 18.5 Å². The molecule has 1 aromatic rings. The van der Waals surface area contributed by atoms with Crippen molar-refractivity contribution in [1.29, 1.82) is 0 Å². The topological polar surface area (TPSA) is 49.6 Å². The zero-order chi connectivity index (χ0) is 14.9. The van der Waals surface area contributed by atoms with Crippen LogP contribution in [-0.4, -0.2) is 37.5 Å². The Morgan fingerprint density at radius 1 is 1.40 bits per heavy atom. The summed E-state index contributed by atoms with van der Waals surface area (Å²) in [7, 11) is 3.28. The van der Waals surface area contributed by atoms with E-state index in [-0.39, 0.29) is 18.1 Å². The van der Waals surface area contributed by atoms with Crippen LogP contribution in [0.2, 0.25) is 0 Å². The second kappa shape index (κ2) is 5.75. The summed E-state index contributed by atoms with van der Waals surface area (Å²) in [5.41, 5.74) is 5.67. The first-order chi connectivity index (χ1) is 9.45. The van der Waals surface area contributed by atoms with Gasteiger partial charge in [0.15, 0.2) is 0 Å². The molecule has 2 rings (SSSR count). The van der Waals surface area contributed by atoms with Crippen LogP contribution >= 0.6 is 0 Å². The third-order valence-electron chi connectivity index (χ3n) is 3.58. The lowest BCUT2D eigenvalue weighted by Gasteiger charge is -2.28. The fraction of sp³-hybridized carbons (Fsp3) is 0.500. The molecule has 0 bridgehead atoms. The number of likely N-dealkylation sites (N-methyl/N-ethyl adjacent to an activating group) is 1. The van der Waals surface area contributed by atoms with Gasteiger partial charge in [0.1, 0.15) is 23.4 Å². The second-order valence-corrected chi connectivity index (χ2v) is 5.20. The van der Waals surface area contributed by atoms with Crippen LogP contribution in [-0.2, 0) is 11.3 Å². The molecule has 6 heteroatoms. The molecular weight excluding hydrogens is 264 g/mol. The number of halogens is 2. The van der Waals surface area contributed by atoms with E-state index in [0.717, 1.165) is 6.42 Å². The van der Waals surface area contributed by atoms with Crippen molar-refractivity contribution >= 4 is 11.6 Å². The summed E-state index contributed by atoms with van der Waals surface area (Å²) in [5, 5.41) is 0. The third kappa shape index (κ3) is 2.60. The number of nitrogens with two attached hydrogens (primary N) is 1. The van der Waals surface area contributed by atoms with Crippen molar-refractivity contribution in [2.24, 2.45) is 5.73 Å². The molecule has 1 saturated heterocycles. The van der Waals surface area contributed by atoms with E-state index in [4.69, 9.17) is 5.73 Å². The van der Waals surface area contributed by atoms with Gasteiger partial charge in [-0.2, -0.15) is 0 Å². The summed E-state index contributed by atoms with van der Waals surface area (Å²) in [6.45, 7) is 0.550. The molecule has 4 nitrogen and oxygen atoms in total. The second-order valence-electron chi connectivity index (χ2n) is 5.20. The van der Waals surface area contributed by atoms with Gasteiger partial charge in [-0.15, -0.1) is 0 Å². The first-order valence-electron chi connectivity index (χ1n) is 6.61. The van der Waals surface area contributed by atoms with Crippen molar-refractivity contribution in [1.82, 2.24) is 4.90 Å². The molecule has 20 heavy (non-hydrogen) atoms. The Balaban J connectivity index is 2.38. The number of carbonyl (C=O) groups excluding carboxylic acids is 1. The highest BCUT2D eigenvalue weighted by molar-refractivity contribution is 5.85. The van der Waals surface area contributed by atoms with E-state index in [1.54, 1.807) is 14.1 Å². The van der Waals surface area contributed by atoms with Gasteiger partial charge in [0.2, 0.25) is 5.91 Å². The average Bonchev–Trinajstić information content (AvgIpc) is 2.85. The number of rotatable bonds is 3. The minimum Gasteiger partial charge on any atom is -0.355 e. The molecule has 0 saturated carbocycles. The van der Waals surface area contributed by atoms with Crippen molar-refractivity contribution in [3.8, 4) is 0 Å². The maximum absolute atomic E-state index is 14.1. The molecule has 1 aliphatic heterocycles. The molecular formula is C14H19F2N3O. The van der Waals surface area contributed by atoms with Crippen LogP contribution in [0.5, 0.6) is 0 Å². The normalized spacial score (nSPS) is 18.4. The maximum atomic E-state index is 14.1. The number of benzene rings is 1. The van der Waals surface area contributed by atoms with Crippen LogP contribution in [0, 0.1) is 11.6 Å². The molecule has 0 aromatic heterocycles. The largest absolute Gasteiger partial charge is 0.355 e. The minimum absolute atomic E-state index is 0.0776. The Morgan fingerprint density at radius 2 is 2.00 bits per heavy atom. The minimum atomic E-state index is -0.663. The first kappa shape index (κ1) is 14.7. The van der Waals surface area contributed by atoms with E-state index in [9.17, 15) is 13.6 Å². The number of nitrogens with zero attached hydrogens (tertiary/aromatic N) is 2. The highest BCUT2D eigenvalue weighted by atomic mass is 19.1. The van der Waals surface area contributed by atoms with E-state index < -0.39 is 17.7 Å². The summed E-state index contributed by atoms with van der Waals surface area (Å²) in [5.74, 6) is -1.46. The molecule has 0 radical (unpaired) electrons. The molecule has 1 atom stereocenters. The SMILES string of the molecule is CN(C)C(=O)C1CCCN1c1c(F)cc(CN)cc1F. The maximum Gasteiger partial charge on any atom is 0.244 e. The molecule has 1 aromatic carbocycles. The van der Waals surface area contributed by atoms with Crippen LogP contribution in [0.25, 0.3) is 0 Å². The fourth-order valence-electron chi connectivity index (χ4n) is 2.60. The van der Waals surface area contributed by atoms with E-state index in [2.05, 4.69) is 0 Å². The van der Waals surface area contributed by atoms with Crippen molar-refractivity contribution in [3.05, 3.63) is 29.3 Å². The zero-order valence-corrected chi connectivity index (χ0v) is 11.7. The Labute approximate surface area is 117 Å². The van der Waals surface area contributed by atoms with Crippen molar-refractivity contribution in [2.45, 2.75) is 25.4 Å². The van der Waals surface area contributed by atoms with Crippen molar-refractivity contribution in [2.75, 3.05) is 25.5 Å². The van der Waals surface area contributed by atoms with Gasteiger partial charge >= 0.3 is 0 Å². The molecule has 1 unspecified atom stereocenters. The van der Waals surface area contributed by atoms with Gasteiger partial charge in [0.25, 0.3) is 0 Å². The molecule has 0 spiro atoms. The van der Waals surface area contributed by atoms with E-state index in [1.807, 2.05) is 0 Å². The molecule has 1 fully saturated rings. The number of carbonyl (C=O) groups is 1. The van der Waals surface area contributed by atoms with Crippen LogP contribution in [0.4, 0.5) is 14.5 Å². The first-order valence-corrected chi connectivity index (χ1v) is 6.61. The van der Waals surface area contributed by atoms with Gasteiger partial charge < -0.3 is 15.5 Å². The fourth-order valence-corrected chi connectivity index (χ4v) is 2.60. The van der Waals surface area contributed by atoms with Crippen LogP contribution < -0.4 is 10.6 Å². The molecule has 1 aliphatic rings. The smallest absolute Gasteiger partial charge is 0.244 e. The molecule has 1 heterocycles. The Morgan fingerprint density at radius 3 is 2.50 bits per heavy atom. The monoisotopic (exact) mass is 283 g/mol. The number of amides is 1. The van der Waals surface area contributed by atoms with Crippen molar-refractivity contribution < 1.29 is 13.6 Å². The Hall–Kier alpha value is -1.69. The van der Waals surface area contributed by atoms with Gasteiger partial charge in [-0.05, 0) is 30.5 Å². The van der Waals surface area contributed by atoms with Crippen molar-refractivity contribution in [3.63, 3.8) is 0 Å². The summed E-state index contributed by atoms with van der Waals surface area (Å²) in [4.78, 5) is 15.1. The number of anilines is 1. The number of hydrogen-bond donors (Lipinski definition) is 1. The van der Waals surface area contributed by atoms with Gasteiger partial charge in [0, 0.05) is 27.2 Å². The lowest BCUT2D eigenvalue weighted by molar-refractivity contribution is -0.129. The quantitative estimate of drug-likeness (QED) is 0.914. The van der Waals surface area contributed by atoms with Crippen LogP contribution in [0.15, 0.2) is 12.1 Å². The lowest BCUT2D eigenvalue weighted by Crippen LogP contribution is -2.43. The highest BCUT2D eigenvalue weighted by Crippen LogP contribution is 2.31. The van der Waals surface area contributed by atoms with Crippen LogP contribution in [0.1, 0.15) is 18.4 Å². The van der Waals surface area contributed by atoms with E-state index >= 15 is 0 Å². The average molecular weight is 283 g/mol. The molecule has 0 aliphatic carbocycles. The molecule has 1 amide bonds. The van der Waals surface area contributed by atoms with Gasteiger partial charge in [-0.25, -0.2) is 8.78 Å². The molecule has 2 N–H and O–H groups in total. The third-order valence-corrected chi connectivity index (χ3v) is 3.58. The van der Waals surface area contributed by atoms with Gasteiger partial charge in [0.05, 0.1) is 0 Å². The standard InChI is InChI=1S/C14H19F2N3O/c1-18(2)14(20)12-4-3-5-19(12)13-10(15)6-9(8-17)7-11(13)16/h6-7,12H,3-5,8,17H2,1-2H3. The highest BCUT2D eigenvalue weighted by Gasteiger charge is 2.34. The van der Waals surface area contributed by atoms with E-state index in [1.165, 1.54) is 21.9 Å². The summed E-state index contributed by atoms with van der Waals surface area (Å²) in [6, 6.07) is 1.96.